The topological polar surface area (TPSA) is 37.3 Å². The van der Waals surface area contributed by atoms with Gasteiger partial charge in [-0.05, 0) is 12.1 Å². The predicted octanol–water partition coefficient (Wildman–Crippen LogP) is 6.55. The van der Waals surface area contributed by atoms with Gasteiger partial charge in [0.1, 0.15) is 0 Å². The Hall–Kier alpha value is -1.78. The lowest BCUT2D eigenvalue weighted by Crippen LogP contribution is -2.74. The molecule has 1 N–H and O–H groups in total. The highest BCUT2D eigenvalue weighted by molar-refractivity contribution is 7.67. The molecule has 0 fully saturated rings. The Morgan fingerprint density at radius 2 is 0.794 bits per heavy atom. The second-order valence-corrected chi connectivity index (χ2v) is 8.63. The zero-order valence-corrected chi connectivity index (χ0v) is 16.0. The quantitative estimate of drug-likeness (QED) is 0.290. The number of hydrogen-bond acceptors (Lipinski definition) is 1. The van der Waals surface area contributed by atoms with E-state index >= 15 is 0 Å². The Kier molecular flexibility index (Phi) is 7.00. The number of hydrogen-bond donors (Lipinski definition) is 1. The van der Waals surface area contributed by atoms with E-state index in [-0.39, 0.29) is 12.1 Å². The first-order chi connectivity index (χ1) is 14.6. The van der Waals surface area contributed by atoms with Gasteiger partial charge < -0.3 is 4.89 Å². The van der Waals surface area contributed by atoms with Crippen LogP contribution in [0.25, 0.3) is 0 Å². The Morgan fingerprint density at radius 1 is 0.500 bits per heavy atom. The fourth-order valence-corrected chi connectivity index (χ4v) is 3.56. The summed E-state index contributed by atoms with van der Waals surface area (Å²) < 4.78 is 236. The second kappa shape index (κ2) is 7.86. The molecule has 34 heavy (non-hydrogen) atoms. The van der Waals surface area contributed by atoms with Crippen LogP contribution in [-0.2, 0) is 4.57 Å². The van der Waals surface area contributed by atoms with Crippen molar-refractivity contribution in [2.24, 2.45) is 0 Å². The van der Waals surface area contributed by atoms with E-state index in [4.69, 9.17) is 0 Å². The molecule has 1 aromatic carbocycles. The van der Waals surface area contributed by atoms with E-state index in [0.29, 0.717) is 12.1 Å². The molecule has 0 aliphatic rings. The number of benzene rings is 1. The molecule has 1 atom stereocenters. The molecule has 0 heterocycles. The van der Waals surface area contributed by atoms with Crippen molar-refractivity contribution in [3.63, 3.8) is 0 Å². The van der Waals surface area contributed by atoms with Gasteiger partial charge in [0.25, 0.3) is 0 Å². The lowest BCUT2D eigenvalue weighted by atomic mass is 9.91. The van der Waals surface area contributed by atoms with Crippen molar-refractivity contribution in [1.82, 2.24) is 0 Å². The zero-order chi connectivity index (χ0) is 27.6. The molecule has 198 valence electrons. The van der Waals surface area contributed by atoms with Crippen molar-refractivity contribution in [2.45, 2.75) is 47.4 Å². The van der Waals surface area contributed by atoms with Gasteiger partial charge in [-0.15, -0.1) is 0 Å². The van der Waals surface area contributed by atoms with Crippen LogP contribution >= 0.6 is 7.37 Å². The first-order valence-electron chi connectivity index (χ1n) is 7.70. The van der Waals surface area contributed by atoms with E-state index in [0.717, 1.165) is 6.07 Å². The molecule has 1 unspecified atom stereocenters. The van der Waals surface area contributed by atoms with Crippen LogP contribution in [0.3, 0.4) is 0 Å². The second-order valence-electron chi connectivity index (χ2n) is 6.40. The van der Waals surface area contributed by atoms with E-state index in [2.05, 4.69) is 0 Å². The van der Waals surface area contributed by atoms with Crippen molar-refractivity contribution in [3.8, 4) is 0 Å². The summed E-state index contributed by atoms with van der Waals surface area (Å²) in [6.07, 6.45) is -7.86. The van der Waals surface area contributed by atoms with Gasteiger partial charge in [-0.2, -0.15) is 74.6 Å². The van der Waals surface area contributed by atoms with Crippen molar-refractivity contribution >= 4 is 12.7 Å². The standard InChI is InChI=1S/C14H6F17O2P/c15-7(16,9(19,20)11(23,24)13(27,28)29)8(17,18)10(21,22)12(25,26)14(30,31)34(32,33)6-4-2-1-3-5-6/h1-5H,(H,32,33). The SMILES string of the molecule is O=P(O)(c1ccccc1)C(F)(F)C(F)(F)C(F)(F)C(F)(F)C(F)(F)C(F)(F)C(F)(F)C(F)(F)F. The minimum Gasteiger partial charge on any atom is -0.337 e. The molecule has 0 aliphatic carbocycles. The monoisotopic (exact) mass is 560 g/mol. The summed E-state index contributed by atoms with van der Waals surface area (Å²) in [6, 6.07) is 2.05. The third-order valence-corrected chi connectivity index (χ3v) is 6.23. The molecular weight excluding hydrogens is 554 g/mol. The van der Waals surface area contributed by atoms with E-state index in [9.17, 15) is 84.1 Å². The third kappa shape index (κ3) is 3.64. The van der Waals surface area contributed by atoms with Gasteiger partial charge in [0.15, 0.2) is 0 Å². The van der Waals surface area contributed by atoms with Gasteiger partial charge in [0.2, 0.25) is 0 Å². The maximum Gasteiger partial charge on any atom is 0.460 e. The van der Waals surface area contributed by atoms with Gasteiger partial charge in [0, 0.05) is 5.30 Å². The van der Waals surface area contributed by atoms with Crippen molar-refractivity contribution in [1.29, 1.82) is 0 Å². The van der Waals surface area contributed by atoms with Gasteiger partial charge in [0.05, 0.1) is 0 Å². The smallest absolute Gasteiger partial charge is 0.337 e. The van der Waals surface area contributed by atoms with E-state index < -0.39 is 60.0 Å². The third-order valence-electron chi connectivity index (χ3n) is 4.19. The fourth-order valence-electron chi connectivity index (χ4n) is 2.14. The molecule has 20 heteroatoms. The molecule has 0 amide bonds. The first kappa shape index (κ1) is 30.3. The molecule has 2 nitrogen and oxygen atoms in total. The number of halogens is 17. The first-order valence-corrected chi connectivity index (χ1v) is 9.36. The molecule has 0 spiro atoms. The summed E-state index contributed by atoms with van der Waals surface area (Å²) in [7, 11) is -7.34. The summed E-state index contributed by atoms with van der Waals surface area (Å²) >= 11 is 0. The molecule has 0 aliphatic heterocycles. The van der Waals surface area contributed by atoms with E-state index in [1.54, 1.807) is 0 Å². The van der Waals surface area contributed by atoms with Crippen molar-refractivity contribution < 1.29 is 84.1 Å². The predicted molar refractivity (Wildman–Crippen MR) is 76.6 cm³/mol. The zero-order valence-electron chi connectivity index (χ0n) is 15.1. The van der Waals surface area contributed by atoms with E-state index in [1.807, 2.05) is 0 Å². The lowest BCUT2D eigenvalue weighted by Gasteiger charge is -2.43. The largest absolute Gasteiger partial charge is 0.460 e. The maximum absolute atomic E-state index is 14.0. The molecule has 0 bridgehead atoms. The van der Waals surface area contributed by atoms with Crippen LogP contribution in [0.1, 0.15) is 0 Å². The molecule has 0 aromatic heterocycles. The average Bonchev–Trinajstić information content (AvgIpc) is 2.66. The van der Waals surface area contributed by atoms with Crippen LogP contribution in [-0.4, -0.2) is 52.3 Å². The Balaban J connectivity index is 3.77. The lowest BCUT2D eigenvalue weighted by molar-refractivity contribution is -0.458. The summed E-state index contributed by atoms with van der Waals surface area (Å²) in [5, 5.41) is -1.88. The molecule has 0 radical (unpaired) electrons. The molecular formula is C14H6F17O2P. The average molecular weight is 560 g/mol. The Morgan fingerprint density at radius 3 is 1.12 bits per heavy atom. The van der Waals surface area contributed by atoms with Crippen molar-refractivity contribution in [3.05, 3.63) is 30.3 Å². The minimum absolute atomic E-state index is 0.0632. The van der Waals surface area contributed by atoms with Gasteiger partial charge in [-0.25, -0.2) is 0 Å². The van der Waals surface area contributed by atoms with Crippen molar-refractivity contribution in [2.75, 3.05) is 0 Å². The fraction of sp³-hybridized carbons (Fsp3) is 0.571. The Bertz CT molecular complexity index is 937. The maximum atomic E-state index is 14.0. The molecule has 0 saturated heterocycles. The minimum atomic E-state index is -8.80. The summed E-state index contributed by atoms with van der Waals surface area (Å²) in [6.45, 7) is 0. The normalized spacial score (nSPS) is 17.5. The highest BCUT2D eigenvalue weighted by Crippen LogP contribution is 2.69. The molecule has 1 aromatic rings. The van der Waals surface area contributed by atoms with Crippen LogP contribution in [0.4, 0.5) is 74.6 Å². The van der Waals surface area contributed by atoms with Crippen LogP contribution < -0.4 is 5.30 Å². The number of rotatable bonds is 8. The van der Waals surface area contributed by atoms with Gasteiger partial charge in [-0.3, -0.25) is 4.57 Å². The van der Waals surface area contributed by atoms with Crippen LogP contribution in [0, 0.1) is 0 Å². The summed E-state index contributed by atoms with van der Waals surface area (Å²) in [5.74, 6) is -51.4. The summed E-state index contributed by atoms with van der Waals surface area (Å²) in [5.41, 5.74) is -7.40. The van der Waals surface area contributed by atoms with Gasteiger partial charge in [-0.1, -0.05) is 18.2 Å². The van der Waals surface area contributed by atoms with E-state index in [1.165, 1.54) is 0 Å². The van der Waals surface area contributed by atoms with Crippen LogP contribution in [0.5, 0.6) is 0 Å². The van der Waals surface area contributed by atoms with Crippen LogP contribution in [0.15, 0.2) is 30.3 Å². The highest BCUT2D eigenvalue weighted by Gasteiger charge is 2.96. The summed E-state index contributed by atoms with van der Waals surface area (Å²) in [4.78, 5) is 9.22. The van der Waals surface area contributed by atoms with Gasteiger partial charge >= 0.3 is 54.7 Å². The molecule has 0 saturated carbocycles. The number of alkyl halides is 17. The molecule has 1 rings (SSSR count). The highest BCUT2D eigenvalue weighted by atomic mass is 31.2. The Labute approximate surface area is 175 Å². The van der Waals surface area contributed by atoms with Crippen LogP contribution in [0.2, 0.25) is 0 Å².